The minimum atomic E-state index is -0.939. The molecule has 30 heavy (non-hydrogen) atoms. The van der Waals surface area contributed by atoms with E-state index < -0.39 is 23.9 Å². The Morgan fingerprint density at radius 1 is 0.867 bits per heavy atom. The van der Waals surface area contributed by atoms with E-state index in [1.807, 2.05) is 48.5 Å². The molecule has 0 saturated heterocycles. The fourth-order valence-electron chi connectivity index (χ4n) is 2.73. The summed E-state index contributed by atoms with van der Waals surface area (Å²) in [6, 6.07) is 15.0. The lowest BCUT2D eigenvalue weighted by Crippen LogP contribution is -2.40. The molecule has 2 aromatic rings. The van der Waals surface area contributed by atoms with Crippen LogP contribution in [0.3, 0.4) is 0 Å². The number of hydrogen-bond acceptors (Lipinski definition) is 6. The molecule has 0 radical (unpaired) electrons. The normalized spacial score (nSPS) is 12.9. The average molecular weight is 414 g/mol. The van der Waals surface area contributed by atoms with Gasteiger partial charge in [-0.3, -0.25) is 9.59 Å². The van der Waals surface area contributed by atoms with Crippen molar-refractivity contribution >= 4 is 19.4 Å². The van der Waals surface area contributed by atoms with Crippen LogP contribution in [0.25, 0.3) is 11.1 Å². The molecule has 0 spiro atoms. The number of carboxylic acids is 2. The Bertz CT molecular complexity index is 744. The molecule has 2 atom stereocenters. The highest BCUT2D eigenvalue weighted by Crippen LogP contribution is 2.21. The fourth-order valence-corrected chi connectivity index (χ4v) is 2.73. The molecule has 0 aromatic heterocycles. The van der Waals surface area contributed by atoms with E-state index in [1.54, 1.807) is 14.1 Å². The van der Waals surface area contributed by atoms with Gasteiger partial charge in [0.2, 0.25) is 0 Å². The van der Waals surface area contributed by atoms with Gasteiger partial charge in [0.15, 0.2) is 0 Å². The highest BCUT2D eigenvalue weighted by molar-refractivity contribution is 6.36. The molecule has 0 bridgehead atoms. The molecule has 9 heteroatoms. The summed E-state index contributed by atoms with van der Waals surface area (Å²) in [5.41, 5.74) is 4.01. The second-order valence-electron chi connectivity index (χ2n) is 6.78. The second kappa shape index (κ2) is 12.1. The number of aliphatic carboxylic acids is 2. The first-order valence-electron chi connectivity index (χ1n) is 9.58. The summed E-state index contributed by atoms with van der Waals surface area (Å²) < 4.78 is 10.9. The zero-order chi connectivity index (χ0) is 21.9. The first kappa shape index (κ1) is 23.6. The van der Waals surface area contributed by atoms with Gasteiger partial charge in [-0.2, -0.15) is 0 Å². The fraction of sp³-hybridized carbons (Fsp3) is 0.333. The van der Waals surface area contributed by atoms with Crippen molar-refractivity contribution in [3.63, 3.8) is 0 Å². The van der Waals surface area contributed by atoms with Crippen LogP contribution in [0.5, 0.6) is 0 Å². The maximum atomic E-state index is 11.0. The monoisotopic (exact) mass is 414 g/mol. The number of hydrogen-bond donors (Lipinski definition) is 4. The van der Waals surface area contributed by atoms with E-state index >= 15 is 0 Å². The quantitative estimate of drug-likeness (QED) is 0.360. The summed E-state index contributed by atoms with van der Waals surface area (Å²) in [5, 5.41) is 23.3. The van der Waals surface area contributed by atoms with Gasteiger partial charge in [-0.15, -0.1) is 0 Å². The zero-order valence-corrected chi connectivity index (χ0v) is 17.1. The van der Waals surface area contributed by atoms with Crippen LogP contribution >= 0.6 is 0 Å². The molecule has 2 rings (SSSR count). The summed E-state index contributed by atoms with van der Waals surface area (Å²) in [4.78, 5) is 21.9. The number of carboxylic acid groups (broad SMARTS) is 2. The van der Waals surface area contributed by atoms with Crippen molar-refractivity contribution in [3.8, 4) is 11.1 Å². The van der Waals surface area contributed by atoms with Crippen LogP contribution < -0.4 is 10.6 Å². The Morgan fingerprint density at radius 2 is 1.40 bits per heavy atom. The Morgan fingerprint density at radius 3 is 1.83 bits per heavy atom. The Hall–Kier alpha value is -2.72. The van der Waals surface area contributed by atoms with E-state index in [9.17, 15) is 9.59 Å². The van der Waals surface area contributed by atoms with Crippen molar-refractivity contribution < 1.29 is 29.2 Å². The number of likely N-dealkylation sites (N-methyl/N-ethyl adjacent to an activating group) is 2. The minimum absolute atomic E-state index is 0.0959. The molecule has 160 valence electrons. The lowest BCUT2D eigenvalue weighted by Gasteiger charge is -2.12. The molecule has 0 aliphatic carbocycles. The number of nitrogens with one attached hydrogen (secondary N) is 2. The first-order chi connectivity index (χ1) is 14.4. The van der Waals surface area contributed by atoms with Crippen LogP contribution in [0.1, 0.15) is 11.1 Å². The SMILES string of the molecule is CN[C@@H](BOCc1ccc(-c2ccc(COC[C@H](NC)C(=O)O)cc2)cc1)C(=O)O. The summed E-state index contributed by atoms with van der Waals surface area (Å²) in [6.45, 7) is 0.774. The highest BCUT2D eigenvalue weighted by Gasteiger charge is 2.17. The van der Waals surface area contributed by atoms with E-state index in [4.69, 9.17) is 19.6 Å². The third-order valence-electron chi connectivity index (χ3n) is 4.64. The van der Waals surface area contributed by atoms with E-state index in [1.165, 1.54) is 0 Å². The van der Waals surface area contributed by atoms with Crippen LogP contribution in [-0.2, 0) is 32.2 Å². The topological polar surface area (TPSA) is 117 Å². The molecule has 4 N–H and O–H groups in total. The van der Waals surface area contributed by atoms with E-state index in [0.717, 1.165) is 22.3 Å². The van der Waals surface area contributed by atoms with Gasteiger partial charge in [-0.05, 0) is 36.3 Å². The van der Waals surface area contributed by atoms with Crippen LogP contribution in [0.4, 0.5) is 0 Å². The summed E-state index contributed by atoms with van der Waals surface area (Å²) >= 11 is 0. The predicted molar refractivity (Wildman–Crippen MR) is 114 cm³/mol. The summed E-state index contributed by atoms with van der Waals surface area (Å²) in [5.74, 6) is -2.60. The molecule has 8 nitrogen and oxygen atoms in total. The van der Waals surface area contributed by atoms with Crippen molar-refractivity contribution in [3.05, 3.63) is 59.7 Å². The molecule has 0 aliphatic heterocycles. The van der Waals surface area contributed by atoms with Gasteiger partial charge in [0.1, 0.15) is 12.0 Å². The molecule has 0 unspecified atom stereocenters. The van der Waals surface area contributed by atoms with Crippen LogP contribution in [0.2, 0.25) is 0 Å². The first-order valence-corrected chi connectivity index (χ1v) is 9.58. The maximum absolute atomic E-state index is 11.0. The molecule has 0 heterocycles. The van der Waals surface area contributed by atoms with Gasteiger partial charge in [0, 0.05) is 0 Å². The van der Waals surface area contributed by atoms with Crippen molar-refractivity contribution in [2.75, 3.05) is 20.7 Å². The lowest BCUT2D eigenvalue weighted by atomic mass is 9.88. The summed E-state index contributed by atoms with van der Waals surface area (Å²) in [7, 11) is 3.27. The van der Waals surface area contributed by atoms with Crippen LogP contribution in [0.15, 0.2) is 48.5 Å². The highest BCUT2D eigenvalue weighted by atomic mass is 16.5. The molecule has 0 aliphatic rings. The standard InChI is InChI=1S/C21H27BN2O6/c1-23-18(20(25)26)13-29-11-14-3-7-16(8-4-14)17-9-5-15(6-10-17)12-30-22-19(24-2)21(27)28/h3-10,18-19,22-24H,11-13H2,1-2H3,(H,25,26)(H,27,28)/t18-,19+/m0/s1. The van der Waals surface area contributed by atoms with Gasteiger partial charge in [-0.1, -0.05) is 48.5 Å². The van der Waals surface area contributed by atoms with Gasteiger partial charge < -0.3 is 30.2 Å². The number of benzene rings is 2. The predicted octanol–water partition coefficient (Wildman–Crippen LogP) is 1.04. The van der Waals surface area contributed by atoms with Gasteiger partial charge >= 0.3 is 19.4 Å². The van der Waals surface area contributed by atoms with Gasteiger partial charge in [0.05, 0.1) is 19.8 Å². The molecule has 0 amide bonds. The maximum Gasteiger partial charge on any atom is 0.323 e. The van der Waals surface area contributed by atoms with Crippen molar-refractivity contribution in [2.24, 2.45) is 0 Å². The Labute approximate surface area is 176 Å². The van der Waals surface area contributed by atoms with Crippen molar-refractivity contribution in [1.29, 1.82) is 0 Å². The van der Waals surface area contributed by atoms with Gasteiger partial charge in [0.25, 0.3) is 0 Å². The summed E-state index contributed by atoms with van der Waals surface area (Å²) in [6.07, 6.45) is 0. The van der Waals surface area contributed by atoms with Crippen LogP contribution in [0, 0.1) is 0 Å². The molecule has 0 fully saturated rings. The third-order valence-corrected chi connectivity index (χ3v) is 4.64. The number of rotatable bonds is 13. The smallest absolute Gasteiger partial charge is 0.323 e. The van der Waals surface area contributed by atoms with Crippen molar-refractivity contribution in [2.45, 2.75) is 25.2 Å². The minimum Gasteiger partial charge on any atom is -0.481 e. The van der Waals surface area contributed by atoms with Crippen LogP contribution in [-0.4, -0.2) is 62.3 Å². The molecule has 0 saturated carbocycles. The van der Waals surface area contributed by atoms with Gasteiger partial charge in [-0.25, -0.2) is 0 Å². The third kappa shape index (κ3) is 7.27. The second-order valence-corrected chi connectivity index (χ2v) is 6.78. The average Bonchev–Trinajstić information content (AvgIpc) is 2.74. The Balaban J connectivity index is 1.84. The van der Waals surface area contributed by atoms with E-state index in [0.29, 0.717) is 13.2 Å². The number of carbonyl (C=O) groups is 2. The number of ether oxygens (including phenoxy) is 1. The molecule has 2 aromatic carbocycles. The Kier molecular flexibility index (Phi) is 9.49. The molecular weight excluding hydrogens is 387 g/mol. The molecular formula is C21H27BN2O6. The zero-order valence-electron chi connectivity index (χ0n) is 17.1. The van der Waals surface area contributed by atoms with E-state index in [2.05, 4.69) is 10.6 Å². The largest absolute Gasteiger partial charge is 0.481 e. The van der Waals surface area contributed by atoms with E-state index in [-0.39, 0.29) is 14.1 Å². The van der Waals surface area contributed by atoms with Crippen molar-refractivity contribution in [1.82, 2.24) is 10.6 Å². The lowest BCUT2D eigenvalue weighted by molar-refractivity contribution is -0.141.